The molecule has 0 aliphatic carbocycles. The summed E-state index contributed by atoms with van der Waals surface area (Å²) in [5, 5.41) is 4.78. The molecule has 2 heterocycles. The molecule has 7 nitrogen and oxygen atoms in total. The number of sulfonamides is 1. The van der Waals surface area contributed by atoms with Gasteiger partial charge in [0.1, 0.15) is 11.0 Å². The van der Waals surface area contributed by atoms with E-state index < -0.39 is 15.8 Å². The van der Waals surface area contributed by atoms with Crippen LogP contribution in [0.25, 0.3) is 5.69 Å². The summed E-state index contributed by atoms with van der Waals surface area (Å²) in [6, 6.07) is 11.7. The van der Waals surface area contributed by atoms with Gasteiger partial charge in [0.15, 0.2) is 0 Å². The van der Waals surface area contributed by atoms with Gasteiger partial charge in [-0.05, 0) is 49.4 Å². The van der Waals surface area contributed by atoms with Gasteiger partial charge in [0, 0.05) is 31.2 Å². The minimum atomic E-state index is -3.71. The van der Waals surface area contributed by atoms with Crippen LogP contribution in [0.1, 0.15) is 16.1 Å². The third kappa shape index (κ3) is 4.25. The first-order chi connectivity index (χ1) is 15.2. The van der Waals surface area contributed by atoms with E-state index in [0.29, 0.717) is 16.4 Å². The van der Waals surface area contributed by atoms with E-state index in [2.05, 4.69) is 5.10 Å². The molecule has 0 atom stereocenters. The summed E-state index contributed by atoms with van der Waals surface area (Å²) < 4.78 is 41.7. The van der Waals surface area contributed by atoms with Gasteiger partial charge < -0.3 is 4.90 Å². The first kappa shape index (κ1) is 22.7. The molecule has 0 bridgehead atoms. The zero-order valence-electron chi connectivity index (χ0n) is 17.0. The summed E-state index contributed by atoms with van der Waals surface area (Å²) in [7, 11) is -3.71. The fraction of sp³-hybridized carbons (Fsp3) is 0.238. The number of hydrogen-bond donors (Lipinski definition) is 0. The minimum Gasteiger partial charge on any atom is -0.336 e. The van der Waals surface area contributed by atoms with E-state index >= 15 is 0 Å². The number of rotatable bonds is 4. The number of aromatic nitrogens is 2. The van der Waals surface area contributed by atoms with Crippen molar-refractivity contribution < 1.29 is 17.6 Å². The largest absolute Gasteiger partial charge is 0.336 e. The van der Waals surface area contributed by atoms with E-state index in [1.54, 1.807) is 24.0 Å². The topological polar surface area (TPSA) is 75.5 Å². The predicted octanol–water partition coefficient (Wildman–Crippen LogP) is 3.77. The van der Waals surface area contributed by atoms with Crippen LogP contribution in [0.5, 0.6) is 0 Å². The molecule has 11 heteroatoms. The van der Waals surface area contributed by atoms with Crippen LogP contribution in [-0.2, 0) is 10.0 Å². The molecule has 3 aromatic rings. The maximum Gasteiger partial charge on any atom is 0.259 e. The molecule has 1 saturated heterocycles. The van der Waals surface area contributed by atoms with Crippen LogP contribution < -0.4 is 0 Å². The normalized spacial score (nSPS) is 15.2. The van der Waals surface area contributed by atoms with Crippen molar-refractivity contribution in [1.29, 1.82) is 0 Å². The number of carbonyl (C=O) groups is 1. The molecule has 0 radical (unpaired) electrons. The molecule has 1 fully saturated rings. The smallest absolute Gasteiger partial charge is 0.259 e. The Bertz CT molecular complexity index is 1270. The van der Waals surface area contributed by atoms with Crippen molar-refractivity contribution in [3.63, 3.8) is 0 Å². The molecular formula is C21H19Cl2FN4O3S. The number of halogens is 3. The summed E-state index contributed by atoms with van der Waals surface area (Å²) in [6.07, 6.45) is 0. The van der Waals surface area contributed by atoms with E-state index in [1.807, 2.05) is 0 Å². The quantitative estimate of drug-likeness (QED) is 0.550. The van der Waals surface area contributed by atoms with E-state index in [4.69, 9.17) is 23.2 Å². The lowest BCUT2D eigenvalue weighted by molar-refractivity contribution is 0.0697. The number of nitrogens with zero attached hydrogens (tertiary/aromatic N) is 4. The second kappa shape index (κ2) is 8.82. The SMILES string of the molecule is Cc1nn(-c2ccc(F)cc2)c(Cl)c1C(=O)N1CCN(S(=O)(=O)c2cccc(Cl)c2)CC1. The lowest BCUT2D eigenvalue weighted by Gasteiger charge is -2.34. The molecule has 0 unspecified atom stereocenters. The molecule has 32 heavy (non-hydrogen) atoms. The first-order valence-corrected chi connectivity index (χ1v) is 11.9. The van der Waals surface area contributed by atoms with Crippen LogP contribution in [0.3, 0.4) is 0 Å². The number of aryl methyl sites for hydroxylation is 1. The van der Waals surface area contributed by atoms with Gasteiger partial charge in [-0.1, -0.05) is 29.3 Å². The zero-order chi connectivity index (χ0) is 23.0. The van der Waals surface area contributed by atoms with Gasteiger partial charge in [-0.2, -0.15) is 9.40 Å². The summed E-state index contributed by atoms with van der Waals surface area (Å²) in [4.78, 5) is 14.8. The number of amides is 1. The van der Waals surface area contributed by atoms with Crippen LogP contribution in [0.4, 0.5) is 4.39 Å². The fourth-order valence-electron chi connectivity index (χ4n) is 3.56. The average molecular weight is 497 g/mol. The van der Waals surface area contributed by atoms with Gasteiger partial charge in [-0.15, -0.1) is 0 Å². The van der Waals surface area contributed by atoms with Crippen LogP contribution in [0.2, 0.25) is 10.2 Å². The molecule has 168 valence electrons. The molecule has 1 aromatic heterocycles. The Labute approximate surface area is 195 Å². The van der Waals surface area contributed by atoms with Crippen molar-refractivity contribution in [2.24, 2.45) is 0 Å². The second-order valence-corrected chi connectivity index (χ2v) is 10.0. The molecule has 4 rings (SSSR count). The maximum absolute atomic E-state index is 13.2. The maximum atomic E-state index is 13.2. The van der Waals surface area contributed by atoms with Gasteiger partial charge in [-0.3, -0.25) is 4.79 Å². The molecule has 1 aliphatic rings. The highest BCUT2D eigenvalue weighted by molar-refractivity contribution is 7.89. The third-order valence-electron chi connectivity index (χ3n) is 5.25. The molecule has 2 aromatic carbocycles. The van der Waals surface area contributed by atoms with E-state index in [0.717, 1.165) is 0 Å². The van der Waals surface area contributed by atoms with Crippen LogP contribution in [0, 0.1) is 12.7 Å². The Morgan fingerprint density at radius 3 is 2.31 bits per heavy atom. The van der Waals surface area contributed by atoms with E-state index in [1.165, 1.54) is 45.4 Å². The Morgan fingerprint density at radius 2 is 1.69 bits per heavy atom. The molecule has 0 saturated carbocycles. The van der Waals surface area contributed by atoms with Crippen LogP contribution >= 0.6 is 23.2 Å². The molecule has 1 amide bonds. The van der Waals surface area contributed by atoms with Gasteiger partial charge in [0.05, 0.1) is 21.8 Å². The third-order valence-corrected chi connectivity index (χ3v) is 7.73. The van der Waals surface area contributed by atoms with Crippen molar-refractivity contribution in [1.82, 2.24) is 19.0 Å². The zero-order valence-corrected chi connectivity index (χ0v) is 19.3. The van der Waals surface area contributed by atoms with Gasteiger partial charge in [0.25, 0.3) is 5.91 Å². The van der Waals surface area contributed by atoms with Crippen molar-refractivity contribution in [3.8, 4) is 5.69 Å². The van der Waals surface area contributed by atoms with Crippen LogP contribution in [-0.4, -0.2) is 59.5 Å². The molecule has 0 spiro atoms. The number of piperazine rings is 1. The average Bonchev–Trinajstić information content (AvgIpc) is 3.07. The van der Waals surface area contributed by atoms with Crippen molar-refractivity contribution in [2.45, 2.75) is 11.8 Å². The van der Waals surface area contributed by atoms with Gasteiger partial charge in [-0.25, -0.2) is 17.5 Å². The van der Waals surface area contributed by atoms with Gasteiger partial charge in [0.2, 0.25) is 10.0 Å². The number of hydrogen-bond acceptors (Lipinski definition) is 4. The highest BCUT2D eigenvalue weighted by Crippen LogP contribution is 2.26. The van der Waals surface area contributed by atoms with E-state index in [-0.39, 0.29) is 47.7 Å². The van der Waals surface area contributed by atoms with Crippen molar-refractivity contribution in [3.05, 3.63) is 75.8 Å². The number of carbonyl (C=O) groups excluding carboxylic acids is 1. The van der Waals surface area contributed by atoms with Gasteiger partial charge >= 0.3 is 0 Å². The molecule has 1 aliphatic heterocycles. The Morgan fingerprint density at radius 1 is 1.03 bits per heavy atom. The molecular weight excluding hydrogens is 478 g/mol. The standard InChI is InChI=1S/C21H19Cl2FN4O3S/c1-14-19(20(23)28(25-14)17-7-5-16(24)6-8-17)21(29)26-9-11-27(12-10-26)32(30,31)18-4-2-3-15(22)13-18/h2-8,13H,9-12H2,1H3. The Balaban J connectivity index is 1.51. The lowest BCUT2D eigenvalue weighted by Crippen LogP contribution is -2.50. The Hall–Kier alpha value is -2.46. The van der Waals surface area contributed by atoms with Crippen molar-refractivity contribution in [2.75, 3.05) is 26.2 Å². The van der Waals surface area contributed by atoms with Crippen molar-refractivity contribution >= 4 is 39.1 Å². The van der Waals surface area contributed by atoms with Crippen LogP contribution in [0.15, 0.2) is 53.4 Å². The Kier molecular flexibility index (Phi) is 6.26. The summed E-state index contributed by atoms with van der Waals surface area (Å²) in [5.74, 6) is -0.726. The second-order valence-electron chi connectivity index (χ2n) is 7.29. The fourth-order valence-corrected chi connectivity index (χ4v) is 5.64. The first-order valence-electron chi connectivity index (χ1n) is 9.74. The minimum absolute atomic E-state index is 0.115. The summed E-state index contributed by atoms with van der Waals surface area (Å²) in [6.45, 7) is 2.36. The lowest BCUT2D eigenvalue weighted by atomic mass is 10.2. The highest BCUT2D eigenvalue weighted by atomic mass is 35.5. The number of benzene rings is 2. The predicted molar refractivity (Wildman–Crippen MR) is 119 cm³/mol. The molecule has 0 N–H and O–H groups in total. The summed E-state index contributed by atoms with van der Waals surface area (Å²) in [5.41, 5.74) is 1.19. The highest BCUT2D eigenvalue weighted by Gasteiger charge is 2.32. The van der Waals surface area contributed by atoms with E-state index in [9.17, 15) is 17.6 Å². The monoisotopic (exact) mass is 496 g/mol. The summed E-state index contributed by atoms with van der Waals surface area (Å²) >= 11 is 12.4.